The molecular weight excluding hydrogens is 344 g/mol. The van der Waals surface area contributed by atoms with Crippen LogP contribution in [0.2, 0.25) is 5.02 Å². The molecule has 1 saturated heterocycles. The summed E-state index contributed by atoms with van der Waals surface area (Å²) in [5.41, 5.74) is 1.48. The highest BCUT2D eigenvalue weighted by Gasteiger charge is 2.40. The number of halogens is 1. The van der Waals surface area contributed by atoms with Crippen molar-refractivity contribution in [3.63, 3.8) is 0 Å². The second-order valence-corrected chi connectivity index (χ2v) is 6.30. The molecule has 3 aromatic heterocycles. The van der Waals surface area contributed by atoms with Gasteiger partial charge in [-0.2, -0.15) is 4.52 Å². The van der Waals surface area contributed by atoms with Crippen molar-refractivity contribution in [3.8, 4) is 0 Å². The molecule has 0 aliphatic carbocycles. The van der Waals surface area contributed by atoms with E-state index in [4.69, 9.17) is 16.3 Å². The van der Waals surface area contributed by atoms with Crippen molar-refractivity contribution in [1.29, 1.82) is 0 Å². The number of methoxy groups -OCH3 is 1. The summed E-state index contributed by atoms with van der Waals surface area (Å²) in [4.78, 5) is 18.7. The Morgan fingerprint density at radius 1 is 1.28 bits per heavy atom. The number of carbonyl (C=O) groups excluding carboxylic acids is 1. The Morgan fingerprint density at radius 2 is 2.16 bits per heavy atom. The zero-order valence-electron chi connectivity index (χ0n) is 13.4. The molecule has 0 aromatic carbocycles. The van der Waals surface area contributed by atoms with Crippen LogP contribution in [0.15, 0.2) is 36.8 Å². The lowest BCUT2D eigenvalue weighted by Crippen LogP contribution is -2.25. The maximum Gasteiger partial charge on any atom is 0.311 e. The third-order valence-electron chi connectivity index (χ3n) is 4.43. The van der Waals surface area contributed by atoms with E-state index in [2.05, 4.69) is 20.3 Å². The Balaban J connectivity index is 1.66. The first-order valence-corrected chi connectivity index (χ1v) is 8.15. The molecular formula is C16H15ClN6O2. The fraction of sp³-hybridized carbons (Fsp3) is 0.312. The molecule has 0 bridgehead atoms. The third kappa shape index (κ3) is 2.89. The summed E-state index contributed by atoms with van der Waals surface area (Å²) in [6.45, 7) is 1.11. The Kier molecular flexibility index (Phi) is 3.96. The minimum Gasteiger partial charge on any atom is -0.469 e. The first-order valence-electron chi connectivity index (χ1n) is 7.77. The lowest BCUT2D eigenvalue weighted by molar-refractivity contribution is -0.145. The predicted octanol–water partition coefficient (Wildman–Crippen LogP) is 1.57. The number of pyridine rings is 1. The van der Waals surface area contributed by atoms with Crippen molar-refractivity contribution in [3.05, 3.63) is 47.5 Å². The van der Waals surface area contributed by atoms with Crippen LogP contribution >= 0.6 is 11.6 Å². The number of esters is 1. The van der Waals surface area contributed by atoms with E-state index < -0.39 is 0 Å². The first-order chi connectivity index (χ1) is 12.2. The van der Waals surface area contributed by atoms with E-state index in [0.29, 0.717) is 23.8 Å². The monoisotopic (exact) mass is 358 g/mol. The molecule has 0 amide bonds. The average Bonchev–Trinajstić information content (AvgIpc) is 3.28. The number of ether oxygens (including phenoxy) is 1. The highest BCUT2D eigenvalue weighted by atomic mass is 35.5. The fourth-order valence-electron chi connectivity index (χ4n) is 3.17. The van der Waals surface area contributed by atoms with Crippen LogP contribution in [0.4, 0.5) is 5.82 Å². The number of nitrogens with zero attached hydrogens (tertiary/aromatic N) is 6. The van der Waals surface area contributed by atoms with Gasteiger partial charge in [-0.25, -0.2) is 0 Å². The molecule has 3 aromatic rings. The van der Waals surface area contributed by atoms with Crippen molar-refractivity contribution < 1.29 is 9.53 Å². The summed E-state index contributed by atoms with van der Waals surface area (Å²) >= 11 is 5.92. The standard InChI is InChI=1S/C16H15ClN6O2/c1-25-16(24)12-8-22(7-11(12)13-3-2-10(17)6-18-13)15-5-4-14-20-19-9-23(14)21-15/h2-6,9,11-12H,7-8H2,1H3/t11-,12?/m1/s1. The molecule has 4 heterocycles. The molecule has 2 atom stereocenters. The minimum atomic E-state index is -0.322. The van der Waals surface area contributed by atoms with Crippen LogP contribution in [0.25, 0.3) is 5.65 Å². The quantitative estimate of drug-likeness (QED) is 0.657. The van der Waals surface area contributed by atoms with E-state index in [0.717, 1.165) is 11.5 Å². The van der Waals surface area contributed by atoms with E-state index >= 15 is 0 Å². The maximum absolute atomic E-state index is 12.3. The van der Waals surface area contributed by atoms with Gasteiger partial charge in [0, 0.05) is 30.9 Å². The van der Waals surface area contributed by atoms with E-state index in [-0.39, 0.29) is 17.8 Å². The molecule has 4 rings (SSSR count). The van der Waals surface area contributed by atoms with Crippen molar-refractivity contribution in [2.24, 2.45) is 5.92 Å². The van der Waals surface area contributed by atoms with Gasteiger partial charge in [-0.1, -0.05) is 11.6 Å². The summed E-state index contributed by atoms with van der Waals surface area (Å²) < 4.78 is 6.59. The minimum absolute atomic E-state index is 0.0943. The van der Waals surface area contributed by atoms with Crippen LogP contribution < -0.4 is 4.90 Å². The van der Waals surface area contributed by atoms with Crippen LogP contribution in [0.1, 0.15) is 11.6 Å². The van der Waals surface area contributed by atoms with Crippen LogP contribution in [0, 0.1) is 5.92 Å². The molecule has 1 unspecified atom stereocenters. The second-order valence-electron chi connectivity index (χ2n) is 5.87. The molecule has 1 aliphatic rings. The van der Waals surface area contributed by atoms with E-state index in [9.17, 15) is 4.79 Å². The second kappa shape index (κ2) is 6.29. The van der Waals surface area contributed by atoms with Gasteiger partial charge in [0.15, 0.2) is 5.65 Å². The number of hydrogen-bond acceptors (Lipinski definition) is 7. The summed E-state index contributed by atoms with van der Waals surface area (Å²) in [7, 11) is 1.40. The van der Waals surface area contributed by atoms with Crippen molar-refractivity contribution >= 4 is 29.0 Å². The maximum atomic E-state index is 12.3. The summed E-state index contributed by atoms with van der Waals surface area (Å²) in [5.74, 6) is 0.0764. The lowest BCUT2D eigenvalue weighted by atomic mass is 9.92. The number of carbonyl (C=O) groups is 1. The first kappa shape index (κ1) is 15.8. The Morgan fingerprint density at radius 3 is 2.92 bits per heavy atom. The summed E-state index contributed by atoms with van der Waals surface area (Å²) in [5, 5.41) is 12.8. The van der Waals surface area contributed by atoms with Crippen molar-refractivity contribution in [2.75, 3.05) is 25.1 Å². The van der Waals surface area contributed by atoms with Gasteiger partial charge in [0.25, 0.3) is 0 Å². The predicted molar refractivity (Wildman–Crippen MR) is 90.5 cm³/mol. The molecule has 0 saturated carbocycles. The molecule has 0 N–H and O–H groups in total. The number of hydrogen-bond donors (Lipinski definition) is 0. The largest absolute Gasteiger partial charge is 0.469 e. The topological polar surface area (TPSA) is 85.5 Å². The van der Waals surface area contributed by atoms with Gasteiger partial charge in [0.2, 0.25) is 0 Å². The highest BCUT2D eigenvalue weighted by molar-refractivity contribution is 6.30. The summed E-state index contributed by atoms with van der Waals surface area (Å²) in [6.07, 6.45) is 3.14. The van der Waals surface area contributed by atoms with Gasteiger partial charge >= 0.3 is 5.97 Å². The smallest absolute Gasteiger partial charge is 0.311 e. The van der Waals surface area contributed by atoms with Gasteiger partial charge in [-0.3, -0.25) is 9.78 Å². The van der Waals surface area contributed by atoms with Crippen LogP contribution in [-0.4, -0.2) is 51.0 Å². The Labute approximate surface area is 148 Å². The molecule has 1 aliphatic heterocycles. The van der Waals surface area contributed by atoms with Crippen LogP contribution in [0.3, 0.4) is 0 Å². The molecule has 0 radical (unpaired) electrons. The fourth-order valence-corrected chi connectivity index (χ4v) is 3.29. The van der Waals surface area contributed by atoms with Gasteiger partial charge < -0.3 is 9.64 Å². The van der Waals surface area contributed by atoms with Gasteiger partial charge in [-0.05, 0) is 24.3 Å². The molecule has 8 nitrogen and oxygen atoms in total. The van der Waals surface area contributed by atoms with E-state index in [1.54, 1.807) is 23.1 Å². The molecule has 0 spiro atoms. The summed E-state index contributed by atoms with van der Waals surface area (Å²) in [6, 6.07) is 7.34. The zero-order valence-corrected chi connectivity index (χ0v) is 14.2. The average molecular weight is 359 g/mol. The number of anilines is 1. The Hall–Kier alpha value is -2.74. The van der Waals surface area contributed by atoms with E-state index in [1.807, 2.05) is 23.1 Å². The lowest BCUT2D eigenvalue weighted by Gasteiger charge is -2.16. The normalized spacial score (nSPS) is 20.2. The van der Waals surface area contributed by atoms with Gasteiger partial charge in [0.1, 0.15) is 12.1 Å². The van der Waals surface area contributed by atoms with Crippen LogP contribution in [-0.2, 0) is 9.53 Å². The Bertz CT molecular complexity index is 912. The number of fused-ring (bicyclic) bond motifs is 1. The molecule has 1 fully saturated rings. The highest BCUT2D eigenvalue weighted by Crippen LogP contribution is 2.34. The van der Waals surface area contributed by atoms with Crippen molar-refractivity contribution in [1.82, 2.24) is 24.8 Å². The van der Waals surface area contributed by atoms with Crippen LogP contribution in [0.5, 0.6) is 0 Å². The van der Waals surface area contributed by atoms with Crippen molar-refractivity contribution in [2.45, 2.75) is 5.92 Å². The number of aromatic nitrogens is 5. The zero-order chi connectivity index (χ0) is 17.4. The van der Waals surface area contributed by atoms with Gasteiger partial charge in [-0.15, -0.1) is 15.3 Å². The van der Waals surface area contributed by atoms with E-state index in [1.165, 1.54) is 7.11 Å². The van der Waals surface area contributed by atoms with Gasteiger partial charge in [0.05, 0.1) is 18.1 Å². The molecule has 128 valence electrons. The molecule has 25 heavy (non-hydrogen) atoms. The number of rotatable bonds is 3. The third-order valence-corrected chi connectivity index (χ3v) is 4.65. The molecule has 9 heteroatoms. The SMILES string of the molecule is COC(=O)C1CN(c2ccc3nncn3n2)C[C@H]1c1ccc(Cl)cn1.